The molecule has 7 aliphatic rings. The molecule has 2 aromatic heterocycles. The maximum atomic E-state index is 13.9. The molecule has 1 amide bonds. The zero-order valence-electron chi connectivity index (χ0n) is 23.5. The van der Waals surface area contributed by atoms with E-state index in [1.165, 1.54) is 0 Å². The summed E-state index contributed by atoms with van der Waals surface area (Å²) in [7, 11) is 0. The van der Waals surface area contributed by atoms with Crippen LogP contribution in [0.1, 0.15) is 88.3 Å². The summed E-state index contributed by atoms with van der Waals surface area (Å²) < 4.78 is 27.3. The number of fused-ring (bicyclic) bond motifs is 4. The fraction of sp³-hybridized carbons (Fsp3) is 0.515. The molecule has 0 unspecified atom stereocenters. The van der Waals surface area contributed by atoms with Crippen LogP contribution < -0.4 is 11.1 Å². The number of anilines is 1. The molecule has 8 nitrogen and oxygen atoms in total. The van der Waals surface area contributed by atoms with Crippen LogP contribution in [0.15, 0.2) is 56.2 Å². The molecule has 7 fully saturated rings. The summed E-state index contributed by atoms with van der Waals surface area (Å²) in [4.78, 5) is 30.7. The molecule has 9 heteroatoms. The van der Waals surface area contributed by atoms with E-state index in [0.717, 1.165) is 79.7 Å². The van der Waals surface area contributed by atoms with Crippen LogP contribution in [0.5, 0.6) is 0 Å². The van der Waals surface area contributed by atoms with Crippen LogP contribution in [0.3, 0.4) is 0 Å². The first kappa shape index (κ1) is 24.8. The molecule has 42 heavy (non-hydrogen) atoms. The summed E-state index contributed by atoms with van der Waals surface area (Å²) in [6.07, 6.45) is 9.44. The zero-order chi connectivity index (χ0) is 28.3. The molecule has 7 aliphatic carbocycles. The largest absolute Gasteiger partial charge is 0.419 e. The van der Waals surface area contributed by atoms with Gasteiger partial charge in [0.1, 0.15) is 5.67 Å². The number of oxazole rings is 1. The van der Waals surface area contributed by atoms with E-state index >= 15 is 0 Å². The molecule has 4 aromatic rings. The minimum atomic E-state index is -1.11. The first-order valence-electron chi connectivity index (χ1n) is 15.3. The van der Waals surface area contributed by atoms with E-state index in [-0.39, 0.29) is 22.5 Å². The van der Waals surface area contributed by atoms with Crippen LogP contribution >= 0.6 is 0 Å². The van der Waals surface area contributed by atoms with Gasteiger partial charge >= 0.3 is 5.76 Å². The van der Waals surface area contributed by atoms with Crippen LogP contribution in [0.4, 0.5) is 10.1 Å². The van der Waals surface area contributed by atoms with E-state index < -0.39 is 11.1 Å². The van der Waals surface area contributed by atoms with Gasteiger partial charge in [0.2, 0.25) is 11.8 Å². The van der Waals surface area contributed by atoms with Crippen LogP contribution in [0, 0.1) is 10.8 Å². The van der Waals surface area contributed by atoms with Crippen molar-refractivity contribution in [2.45, 2.75) is 94.2 Å². The van der Waals surface area contributed by atoms with Gasteiger partial charge in [-0.1, -0.05) is 23.4 Å². The van der Waals surface area contributed by atoms with Crippen LogP contribution in [0.25, 0.3) is 22.2 Å². The number of rotatable bonds is 7. The normalized spacial score (nSPS) is 32.9. The number of carbonyl (C=O) groups is 1. The Balaban J connectivity index is 0.928. The fourth-order valence-corrected chi connectivity index (χ4v) is 8.46. The molecule has 0 radical (unpaired) electrons. The summed E-state index contributed by atoms with van der Waals surface area (Å²) in [6, 6.07) is 13.5. The van der Waals surface area contributed by atoms with Crippen molar-refractivity contribution < 1.29 is 18.1 Å². The summed E-state index contributed by atoms with van der Waals surface area (Å²) in [5.41, 5.74) is 2.27. The SMILES string of the molecule is O=C(Nc1cccc(-c2ccc3c(c2)oc(=O)n3CC23CCC(c4nc(C5CC5)no4)(CC2)CC3)c1)C12CC(F)(C1)C2. The molecule has 0 spiro atoms. The molecular formula is C33H33FN4O4. The molecule has 11 rings (SSSR count). The average molecular weight is 569 g/mol. The lowest BCUT2D eigenvalue weighted by atomic mass is 9.42. The Morgan fingerprint density at radius 1 is 1.00 bits per heavy atom. The van der Waals surface area contributed by atoms with Crippen molar-refractivity contribution in [3.05, 3.63) is 64.7 Å². The van der Waals surface area contributed by atoms with Crippen LogP contribution in [-0.4, -0.2) is 26.3 Å². The van der Waals surface area contributed by atoms with E-state index in [4.69, 9.17) is 13.9 Å². The van der Waals surface area contributed by atoms with Crippen molar-refractivity contribution in [2.24, 2.45) is 10.8 Å². The van der Waals surface area contributed by atoms with Crippen molar-refractivity contribution in [1.82, 2.24) is 14.7 Å². The molecule has 216 valence electrons. The van der Waals surface area contributed by atoms with Gasteiger partial charge in [-0.25, -0.2) is 9.18 Å². The second-order valence-corrected chi connectivity index (χ2v) is 14.1. The highest BCUT2D eigenvalue weighted by Crippen LogP contribution is 2.69. The first-order valence-corrected chi connectivity index (χ1v) is 15.3. The molecule has 0 aliphatic heterocycles. The zero-order valence-corrected chi connectivity index (χ0v) is 23.5. The monoisotopic (exact) mass is 568 g/mol. The van der Waals surface area contributed by atoms with Gasteiger partial charge in [0.25, 0.3) is 0 Å². The topological polar surface area (TPSA) is 103 Å². The van der Waals surface area contributed by atoms with Gasteiger partial charge in [-0.3, -0.25) is 9.36 Å². The molecule has 4 bridgehead atoms. The number of nitrogens with one attached hydrogen (secondary N) is 1. The number of halogens is 1. The number of hydrogen-bond donors (Lipinski definition) is 1. The third kappa shape index (κ3) is 3.64. The summed E-state index contributed by atoms with van der Waals surface area (Å²) >= 11 is 0. The lowest BCUT2D eigenvalue weighted by Gasteiger charge is -2.64. The second-order valence-electron chi connectivity index (χ2n) is 14.1. The lowest BCUT2D eigenvalue weighted by Crippen LogP contribution is -2.68. The number of amides is 1. The van der Waals surface area contributed by atoms with Gasteiger partial charge in [0.15, 0.2) is 11.4 Å². The standard InChI is InChI=1S/C33H33FN4O4/c34-33-16-32(17-33,18-33)27(39)35-23-3-1-2-21(14-23)22-6-7-24-25(15-22)41-29(40)38(24)19-30-8-11-31(12-9-30,13-10-30)28-36-26(37-42-28)20-4-5-20/h1-3,6-7,14-15,20H,4-5,8-13,16-19H2,(H,35,39). The predicted octanol–water partition coefficient (Wildman–Crippen LogP) is 6.64. The number of alkyl halides is 1. The maximum absolute atomic E-state index is 13.9. The van der Waals surface area contributed by atoms with Gasteiger partial charge in [-0.2, -0.15) is 4.98 Å². The van der Waals surface area contributed by atoms with Crippen LogP contribution in [0.2, 0.25) is 0 Å². The van der Waals surface area contributed by atoms with Gasteiger partial charge in [0.05, 0.1) is 10.9 Å². The molecule has 2 aromatic carbocycles. The maximum Gasteiger partial charge on any atom is 0.419 e. The highest BCUT2D eigenvalue weighted by molar-refractivity contribution is 5.98. The second kappa shape index (κ2) is 8.20. The Morgan fingerprint density at radius 2 is 1.74 bits per heavy atom. The van der Waals surface area contributed by atoms with Crippen molar-refractivity contribution in [3.8, 4) is 11.1 Å². The summed E-state index contributed by atoms with van der Waals surface area (Å²) in [5.74, 6) is 1.78. The minimum absolute atomic E-state index is 0.0124. The average Bonchev–Trinajstić information content (AvgIpc) is 3.61. The van der Waals surface area contributed by atoms with Gasteiger partial charge in [-0.05, 0) is 111 Å². The number of nitrogens with zero attached hydrogens (tertiary/aromatic N) is 3. The van der Waals surface area contributed by atoms with Crippen molar-refractivity contribution in [1.29, 1.82) is 0 Å². The Morgan fingerprint density at radius 3 is 2.45 bits per heavy atom. The van der Waals surface area contributed by atoms with Crippen LogP contribution in [-0.2, 0) is 16.8 Å². The third-order valence-electron chi connectivity index (χ3n) is 11.3. The molecule has 0 atom stereocenters. The van der Waals surface area contributed by atoms with Gasteiger partial charge in [-0.15, -0.1) is 0 Å². The Kier molecular flexibility index (Phi) is 4.85. The van der Waals surface area contributed by atoms with Crippen molar-refractivity contribution >= 4 is 22.7 Å². The van der Waals surface area contributed by atoms with E-state index in [9.17, 15) is 14.0 Å². The van der Waals surface area contributed by atoms with Crippen molar-refractivity contribution in [2.75, 3.05) is 5.32 Å². The molecule has 0 saturated heterocycles. The predicted molar refractivity (Wildman–Crippen MR) is 153 cm³/mol. The van der Waals surface area contributed by atoms with Gasteiger partial charge in [0, 0.05) is 23.6 Å². The van der Waals surface area contributed by atoms with E-state index in [2.05, 4.69) is 10.5 Å². The van der Waals surface area contributed by atoms with Crippen molar-refractivity contribution in [3.63, 3.8) is 0 Å². The molecule has 2 heterocycles. The van der Waals surface area contributed by atoms with E-state index in [0.29, 0.717) is 43.0 Å². The summed E-state index contributed by atoms with van der Waals surface area (Å²) in [6.45, 7) is 0.648. The number of carbonyl (C=O) groups excluding carboxylic acids is 1. The minimum Gasteiger partial charge on any atom is -0.408 e. The third-order valence-corrected chi connectivity index (χ3v) is 11.3. The van der Waals surface area contributed by atoms with E-state index in [1.807, 2.05) is 47.0 Å². The first-order chi connectivity index (χ1) is 20.3. The molecular weight excluding hydrogens is 535 g/mol. The van der Waals surface area contributed by atoms with E-state index in [1.54, 1.807) is 0 Å². The quantitative estimate of drug-likeness (QED) is 0.268. The smallest absolute Gasteiger partial charge is 0.408 e. The summed E-state index contributed by atoms with van der Waals surface area (Å²) in [5, 5.41) is 7.26. The lowest BCUT2D eigenvalue weighted by molar-refractivity contribution is -0.209. The van der Waals surface area contributed by atoms with Gasteiger partial charge < -0.3 is 14.3 Å². The fourth-order valence-electron chi connectivity index (χ4n) is 8.46. The molecule has 1 N–H and O–H groups in total. The Bertz CT molecular complexity index is 1790. The Labute approximate surface area is 241 Å². The number of hydrogen-bond acceptors (Lipinski definition) is 6. The number of benzene rings is 2. The number of aromatic nitrogens is 3. The Hall–Kier alpha value is -3.75. The highest BCUT2D eigenvalue weighted by Gasteiger charge is 2.72. The highest BCUT2D eigenvalue weighted by atomic mass is 19.1. The molecule has 7 saturated carbocycles.